The van der Waals surface area contributed by atoms with Crippen LogP contribution in [0.15, 0.2) is 22.7 Å². The number of hydrogen-bond acceptors (Lipinski definition) is 3. The van der Waals surface area contributed by atoms with E-state index in [-0.39, 0.29) is 30.9 Å². The fourth-order valence-corrected chi connectivity index (χ4v) is 2.86. The van der Waals surface area contributed by atoms with Gasteiger partial charge in [0.1, 0.15) is 0 Å². The van der Waals surface area contributed by atoms with E-state index in [0.717, 1.165) is 0 Å². The van der Waals surface area contributed by atoms with E-state index in [1.807, 2.05) is 0 Å². The lowest BCUT2D eigenvalue weighted by Crippen LogP contribution is -2.55. The van der Waals surface area contributed by atoms with Crippen LogP contribution in [0.25, 0.3) is 0 Å². The van der Waals surface area contributed by atoms with Crippen LogP contribution in [-0.4, -0.2) is 42.3 Å². The highest BCUT2D eigenvalue weighted by Gasteiger charge is 2.47. The summed E-state index contributed by atoms with van der Waals surface area (Å²) in [5.74, 6) is -2.39. The zero-order chi connectivity index (χ0) is 17.4. The van der Waals surface area contributed by atoms with E-state index in [1.165, 1.54) is 30.0 Å². The molecule has 0 saturated heterocycles. The SMILES string of the molecule is CC1CN(C(=O)CCO)c2cc(Br)ccc2N1C(=O)C(F)(F)F. The smallest absolute Gasteiger partial charge is 0.396 e. The average Bonchev–Trinajstić information content (AvgIpc) is 2.45. The van der Waals surface area contributed by atoms with Gasteiger partial charge in [0, 0.05) is 11.0 Å². The molecule has 23 heavy (non-hydrogen) atoms. The number of benzene rings is 1. The van der Waals surface area contributed by atoms with Crippen molar-refractivity contribution < 1.29 is 27.9 Å². The van der Waals surface area contributed by atoms with Gasteiger partial charge in [0.25, 0.3) is 0 Å². The third-order valence-electron chi connectivity index (χ3n) is 3.46. The van der Waals surface area contributed by atoms with Gasteiger partial charge in [0.05, 0.1) is 30.4 Å². The van der Waals surface area contributed by atoms with E-state index in [9.17, 15) is 22.8 Å². The molecule has 1 aromatic carbocycles. The molecule has 0 bridgehead atoms. The predicted octanol–water partition coefficient (Wildman–Crippen LogP) is 2.46. The van der Waals surface area contributed by atoms with Crippen molar-refractivity contribution in [1.82, 2.24) is 0 Å². The van der Waals surface area contributed by atoms with Crippen LogP contribution in [0.1, 0.15) is 13.3 Å². The van der Waals surface area contributed by atoms with Crippen LogP contribution < -0.4 is 9.80 Å². The molecule has 1 aromatic rings. The molecule has 1 unspecified atom stereocenters. The summed E-state index contributed by atoms with van der Waals surface area (Å²) in [5, 5.41) is 8.91. The Bertz CT molecular complexity index is 636. The van der Waals surface area contributed by atoms with Crippen molar-refractivity contribution in [2.45, 2.75) is 25.6 Å². The van der Waals surface area contributed by atoms with Gasteiger partial charge in [-0.2, -0.15) is 13.2 Å². The Kier molecular flexibility index (Phi) is 5.00. The number of nitrogens with zero attached hydrogens (tertiary/aromatic N) is 2. The van der Waals surface area contributed by atoms with Crippen molar-refractivity contribution in [3.05, 3.63) is 22.7 Å². The minimum Gasteiger partial charge on any atom is -0.396 e. The van der Waals surface area contributed by atoms with Crippen LogP contribution >= 0.6 is 15.9 Å². The zero-order valence-electron chi connectivity index (χ0n) is 12.1. The fourth-order valence-electron chi connectivity index (χ4n) is 2.51. The Morgan fingerprint density at radius 2 is 2.00 bits per heavy atom. The van der Waals surface area contributed by atoms with Crippen molar-refractivity contribution in [3.8, 4) is 0 Å². The molecule has 0 spiro atoms. The van der Waals surface area contributed by atoms with Crippen molar-refractivity contribution in [2.75, 3.05) is 23.0 Å². The largest absolute Gasteiger partial charge is 0.471 e. The van der Waals surface area contributed by atoms with Gasteiger partial charge >= 0.3 is 12.1 Å². The average molecular weight is 395 g/mol. The highest BCUT2D eigenvalue weighted by molar-refractivity contribution is 9.10. The molecule has 0 aliphatic carbocycles. The summed E-state index contributed by atoms with van der Waals surface area (Å²) >= 11 is 3.20. The number of aliphatic hydroxyl groups is 1. The molecular formula is C14H14BrF3N2O3. The lowest BCUT2D eigenvalue weighted by Gasteiger charge is -2.41. The molecule has 1 atom stereocenters. The Balaban J connectivity index is 2.52. The molecule has 5 nitrogen and oxygen atoms in total. The van der Waals surface area contributed by atoms with Crippen LogP contribution in [-0.2, 0) is 9.59 Å². The molecule has 126 valence electrons. The summed E-state index contributed by atoms with van der Waals surface area (Å²) < 4.78 is 39.1. The quantitative estimate of drug-likeness (QED) is 0.837. The van der Waals surface area contributed by atoms with Gasteiger partial charge in [-0.25, -0.2) is 0 Å². The molecule has 0 aromatic heterocycles. The molecule has 1 N–H and O–H groups in total. The summed E-state index contributed by atoms with van der Waals surface area (Å²) in [5.41, 5.74) is 0.217. The number of fused-ring (bicyclic) bond motifs is 1. The lowest BCUT2D eigenvalue weighted by molar-refractivity contribution is -0.171. The maximum atomic E-state index is 12.8. The van der Waals surface area contributed by atoms with Crippen molar-refractivity contribution in [2.24, 2.45) is 0 Å². The molecule has 1 aliphatic rings. The van der Waals surface area contributed by atoms with E-state index >= 15 is 0 Å². The minimum atomic E-state index is -5.00. The van der Waals surface area contributed by atoms with Gasteiger partial charge in [-0.1, -0.05) is 15.9 Å². The second-order valence-electron chi connectivity index (χ2n) is 5.13. The molecule has 0 saturated carbocycles. The van der Waals surface area contributed by atoms with E-state index < -0.39 is 24.0 Å². The fraction of sp³-hybridized carbons (Fsp3) is 0.429. The summed E-state index contributed by atoms with van der Waals surface area (Å²) in [4.78, 5) is 25.8. The number of halogens is 4. The van der Waals surface area contributed by atoms with E-state index in [2.05, 4.69) is 15.9 Å². The number of carbonyl (C=O) groups is 2. The number of carbonyl (C=O) groups excluding carboxylic acids is 2. The second kappa shape index (κ2) is 6.48. The van der Waals surface area contributed by atoms with Gasteiger partial charge in [-0.15, -0.1) is 0 Å². The summed E-state index contributed by atoms with van der Waals surface area (Å²) in [7, 11) is 0. The molecular weight excluding hydrogens is 381 g/mol. The first-order valence-corrected chi connectivity index (χ1v) is 7.57. The Hall–Kier alpha value is -1.61. The normalized spacial score (nSPS) is 17.9. The molecule has 2 amide bonds. The van der Waals surface area contributed by atoms with Crippen molar-refractivity contribution in [1.29, 1.82) is 0 Å². The standard InChI is InChI=1S/C14H14BrF3N2O3/c1-8-7-19(12(22)4-5-21)11-6-9(15)2-3-10(11)20(8)13(23)14(16,17)18/h2-3,6,8,21H,4-5,7H2,1H3. The summed E-state index contributed by atoms with van der Waals surface area (Å²) in [6, 6.07) is 3.49. The highest BCUT2D eigenvalue weighted by atomic mass is 79.9. The van der Waals surface area contributed by atoms with Gasteiger partial charge in [-0.05, 0) is 25.1 Å². The molecule has 1 aliphatic heterocycles. The number of aliphatic hydroxyl groups excluding tert-OH is 1. The first-order valence-electron chi connectivity index (χ1n) is 6.78. The predicted molar refractivity (Wildman–Crippen MR) is 81.2 cm³/mol. The summed E-state index contributed by atoms with van der Waals surface area (Å²) in [6.45, 7) is 0.996. The Morgan fingerprint density at radius 3 is 2.57 bits per heavy atom. The third kappa shape index (κ3) is 3.50. The van der Waals surface area contributed by atoms with E-state index in [0.29, 0.717) is 9.37 Å². The van der Waals surface area contributed by atoms with Gasteiger partial charge in [-0.3, -0.25) is 14.5 Å². The lowest BCUT2D eigenvalue weighted by atomic mass is 10.1. The van der Waals surface area contributed by atoms with Crippen LogP contribution in [0.4, 0.5) is 24.5 Å². The number of amides is 2. The molecule has 9 heteroatoms. The van der Waals surface area contributed by atoms with Gasteiger partial charge in [0.2, 0.25) is 5.91 Å². The van der Waals surface area contributed by atoms with Crippen LogP contribution in [0, 0.1) is 0 Å². The zero-order valence-corrected chi connectivity index (χ0v) is 13.7. The van der Waals surface area contributed by atoms with E-state index in [1.54, 1.807) is 0 Å². The second-order valence-corrected chi connectivity index (χ2v) is 6.05. The first-order chi connectivity index (χ1) is 10.7. The van der Waals surface area contributed by atoms with E-state index in [4.69, 9.17) is 5.11 Å². The van der Waals surface area contributed by atoms with Crippen molar-refractivity contribution in [3.63, 3.8) is 0 Å². The number of alkyl halides is 3. The van der Waals surface area contributed by atoms with Crippen LogP contribution in [0.2, 0.25) is 0 Å². The molecule has 0 fully saturated rings. The molecule has 2 rings (SSSR count). The van der Waals surface area contributed by atoms with Crippen LogP contribution in [0.3, 0.4) is 0 Å². The molecule has 0 radical (unpaired) electrons. The topological polar surface area (TPSA) is 60.9 Å². The Morgan fingerprint density at radius 1 is 1.35 bits per heavy atom. The monoisotopic (exact) mass is 394 g/mol. The third-order valence-corrected chi connectivity index (χ3v) is 3.96. The van der Waals surface area contributed by atoms with Crippen molar-refractivity contribution >= 4 is 39.1 Å². The highest BCUT2D eigenvalue weighted by Crippen LogP contribution is 2.39. The molecule has 1 heterocycles. The maximum Gasteiger partial charge on any atom is 0.471 e. The van der Waals surface area contributed by atoms with Gasteiger partial charge < -0.3 is 10.0 Å². The summed E-state index contributed by atoms with van der Waals surface area (Å²) in [6.07, 6.45) is -5.15. The number of rotatable bonds is 2. The number of hydrogen-bond donors (Lipinski definition) is 1. The minimum absolute atomic E-state index is 0.0144. The van der Waals surface area contributed by atoms with Crippen LogP contribution in [0.5, 0.6) is 0 Å². The maximum absolute atomic E-state index is 12.8. The Labute approximate surface area is 138 Å². The number of anilines is 2. The van der Waals surface area contributed by atoms with Gasteiger partial charge in [0.15, 0.2) is 0 Å². The first kappa shape index (κ1) is 17.7.